The number of ether oxygens (including phenoxy) is 1. The average Bonchev–Trinajstić information content (AvgIpc) is 2.14. The van der Waals surface area contributed by atoms with Crippen molar-refractivity contribution < 1.29 is 4.74 Å². The number of rotatable bonds is 3. The summed E-state index contributed by atoms with van der Waals surface area (Å²) in [4.78, 5) is 0. The fourth-order valence-electron chi connectivity index (χ4n) is 1.18. The van der Waals surface area contributed by atoms with E-state index in [0.717, 1.165) is 11.3 Å². The Kier molecular flexibility index (Phi) is 4.22. The van der Waals surface area contributed by atoms with Crippen molar-refractivity contribution in [2.24, 2.45) is 0 Å². The summed E-state index contributed by atoms with van der Waals surface area (Å²) < 4.78 is 5.71. The van der Waals surface area contributed by atoms with Crippen LogP contribution in [0.15, 0.2) is 30.3 Å². The smallest absolute Gasteiger partial charge is 0.120 e. The Labute approximate surface area is 96.7 Å². The molecular weight excluding hydrogens is 208 g/mol. The van der Waals surface area contributed by atoms with Gasteiger partial charge in [0.05, 0.1) is 0 Å². The highest BCUT2D eigenvalue weighted by Crippen LogP contribution is 2.18. The summed E-state index contributed by atoms with van der Waals surface area (Å²) in [5.41, 5.74) is 0.991. The molecule has 2 heteroatoms. The SMILES string of the molecule is CC(C)(C)Oc1ccc(C=CCCl)cc1. The lowest BCUT2D eigenvalue weighted by Gasteiger charge is -2.21. The van der Waals surface area contributed by atoms with E-state index < -0.39 is 0 Å². The molecule has 0 saturated heterocycles. The van der Waals surface area contributed by atoms with Gasteiger partial charge in [-0.15, -0.1) is 11.6 Å². The maximum Gasteiger partial charge on any atom is 0.120 e. The van der Waals surface area contributed by atoms with Gasteiger partial charge in [0.2, 0.25) is 0 Å². The van der Waals surface area contributed by atoms with Crippen LogP contribution in [0, 0.1) is 0 Å². The van der Waals surface area contributed by atoms with Crippen LogP contribution in [0.3, 0.4) is 0 Å². The van der Waals surface area contributed by atoms with Crippen LogP contribution in [0.4, 0.5) is 0 Å². The van der Waals surface area contributed by atoms with Crippen molar-refractivity contribution in [3.8, 4) is 5.75 Å². The van der Waals surface area contributed by atoms with E-state index in [4.69, 9.17) is 16.3 Å². The molecule has 0 amide bonds. The van der Waals surface area contributed by atoms with Gasteiger partial charge < -0.3 is 4.74 Å². The van der Waals surface area contributed by atoms with Gasteiger partial charge >= 0.3 is 0 Å². The third kappa shape index (κ3) is 4.89. The summed E-state index contributed by atoms with van der Waals surface area (Å²) in [7, 11) is 0. The number of hydrogen-bond acceptors (Lipinski definition) is 1. The van der Waals surface area contributed by atoms with Crippen LogP contribution in [0.2, 0.25) is 0 Å². The van der Waals surface area contributed by atoms with E-state index in [0.29, 0.717) is 5.88 Å². The third-order valence-corrected chi connectivity index (χ3v) is 1.88. The summed E-state index contributed by atoms with van der Waals surface area (Å²) in [6.07, 6.45) is 3.91. The molecule has 0 heterocycles. The van der Waals surface area contributed by atoms with Gasteiger partial charge in [-0.1, -0.05) is 24.3 Å². The van der Waals surface area contributed by atoms with Crippen molar-refractivity contribution in [1.29, 1.82) is 0 Å². The number of halogens is 1. The van der Waals surface area contributed by atoms with Crippen LogP contribution in [-0.4, -0.2) is 11.5 Å². The lowest BCUT2D eigenvalue weighted by molar-refractivity contribution is 0.131. The molecule has 0 radical (unpaired) electrons. The van der Waals surface area contributed by atoms with Crippen molar-refractivity contribution in [2.45, 2.75) is 26.4 Å². The van der Waals surface area contributed by atoms with E-state index >= 15 is 0 Å². The second-order valence-electron chi connectivity index (χ2n) is 4.34. The van der Waals surface area contributed by atoms with Crippen molar-refractivity contribution >= 4 is 17.7 Å². The minimum absolute atomic E-state index is 0.145. The summed E-state index contributed by atoms with van der Waals surface area (Å²) in [5.74, 6) is 1.44. The zero-order valence-corrected chi connectivity index (χ0v) is 10.2. The molecular formula is C13H17ClO. The molecule has 0 fully saturated rings. The van der Waals surface area contributed by atoms with E-state index in [1.54, 1.807) is 0 Å². The van der Waals surface area contributed by atoms with Crippen molar-refractivity contribution in [3.63, 3.8) is 0 Å². The lowest BCUT2D eigenvalue weighted by atomic mass is 10.1. The number of benzene rings is 1. The predicted molar refractivity (Wildman–Crippen MR) is 66.6 cm³/mol. The minimum atomic E-state index is -0.145. The van der Waals surface area contributed by atoms with Gasteiger partial charge in [-0.3, -0.25) is 0 Å². The molecule has 0 unspecified atom stereocenters. The van der Waals surface area contributed by atoms with Crippen LogP contribution >= 0.6 is 11.6 Å². The standard InChI is InChI=1S/C13H17ClO/c1-13(2,3)15-12-8-6-11(7-9-12)5-4-10-14/h4-9H,10H2,1-3H3. The molecule has 1 rings (SSSR count). The van der Waals surface area contributed by atoms with Crippen LogP contribution in [0.25, 0.3) is 6.08 Å². The van der Waals surface area contributed by atoms with E-state index in [1.807, 2.05) is 57.2 Å². The van der Waals surface area contributed by atoms with Crippen molar-refractivity contribution in [1.82, 2.24) is 0 Å². The summed E-state index contributed by atoms with van der Waals surface area (Å²) >= 11 is 5.56. The average molecular weight is 225 g/mol. The van der Waals surface area contributed by atoms with Gasteiger partial charge in [-0.2, -0.15) is 0 Å². The monoisotopic (exact) mass is 224 g/mol. The summed E-state index contributed by atoms with van der Waals surface area (Å²) in [5, 5.41) is 0. The van der Waals surface area contributed by atoms with Crippen LogP contribution in [0.1, 0.15) is 26.3 Å². The molecule has 0 aliphatic carbocycles. The molecule has 1 aromatic carbocycles. The van der Waals surface area contributed by atoms with Gasteiger partial charge in [-0.25, -0.2) is 0 Å². The second kappa shape index (κ2) is 5.22. The topological polar surface area (TPSA) is 9.23 Å². The van der Waals surface area contributed by atoms with Crippen LogP contribution < -0.4 is 4.74 Å². The van der Waals surface area contributed by atoms with Crippen LogP contribution in [0.5, 0.6) is 5.75 Å². The predicted octanol–water partition coefficient (Wildman–Crippen LogP) is 4.12. The van der Waals surface area contributed by atoms with Gasteiger partial charge in [0.15, 0.2) is 0 Å². The van der Waals surface area contributed by atoms with E-state index in [1.165, 1.54) is 0 Å². The first-order valence-corrected chi connectivity index (χ1v) is 5.56. The summed E-state index contributed by atoms with van der Waals surface area (Å²) in [6, 6.07) is 7.98. The van der Waals surface area contributed by atoms with Gasteiger partial charge in [0, 0.05) is 5.88 Å². The highest BCUT2D eigenvalue weighted by molar-refractivity contribution is 6.19. The van der Waals surface area contributed by atoms with Crippen molar-refractivity contribution in [2.75, 3.05) is 5.88 Å². The zero-order chi connectivity index (χ0) is 11.3. The summed E-state index contributed by atoms with van der Waals surface area (Å²) in [6.45, 7) is 6.11. The Morgan fingerprint density at radius 2 is 1.80 bits per heavy atom. The fraction of sp³-hybridized carbons (Fsp3) is 0.385. The maximum atomic E-state index is 5.71. The third-order valence-electron chi connectivity index (χ3n) is 1.70. The van der Waals surface area contributed by atoms with E-state index in [-0.39, 0.29) is 5.60 Å². The lowest BCUT2D eigenvalue weighted by Crippen LogP contribution is -2.22. The highest BCUT2D eigenvalue weighted by Gasteiger charge is 2.10. The number of allylic oxidation sites excluding steroid dienone is 1. The Balaban J connectivity index is 2.68. The normalized spacial score (nSPS) is 12.0. The van der Waals surface area contributed by atoms with Gasteiger partial charge in [0.25, 0.3) is 0 Å². The molecule has 1 aromatic rings. The molecule has 0 aliphatic heterocycles. The Morgan fingerprint density at radius 3 is 2.27 bits per heavy atom. The molecule has 82 valence electrons. The fourth-order valence-corrected chi connectivity index (χ4v) is 1.27. The molecule has 1 nitrogen and oxygen atoms in total. The first kappa shape index (κ1) is 12.1. The molecule has 0 aliphatic rings. The van der Waals surface area contributed by atoms with Gasteiger partial charge in [0.1, 0.15) is 11.4 Å². The second-order valence-corrected chi connectivity index (χ2v) is 4.65. The highest BCUT2D eigenvalue weighted by atomic mass is 35.5. The first-order chi connectivity index (χ1) is 7.01. The quantitative estimate of drug-likeness (QED) is 0.702. The Hall–Kier alpha value is -0.950. The number of alkyl halides is 1. The minimum Gasteiger partial charge on any atom is -0.488 e. The van der Waals surface area contributed by atoms with E-state index in [2.05, 4.69) is 0 Å². The first-order valence-electron chi connectivity index (χ1n) is 5.03. The maximum absolute atomic E-state index is 5.71. The molecule has 0 N–H and O–H groups in total. The molecule has 0 aromatic heterocycles. The Morgan fingerprint density at radius 1 is 1.20 bits per heavy atom. The molecule has 0 atom stereocenters. The molecule has 0 spiro atoms. The largest absolute Gasteiger partial charge is 0.488 e. The molecule has 0 saturated carbocycles. The van der Waals surface area contributed by atoms with Gasteiger partial charge in [-0.05, 0) is 38.5 Å². The molecule has 15 heavy (non-hydrogen) atoms. The van der Waals surface area contributed by atoms with Crippen LogP contribution in [-0.2, 0) is 0 Å². The van der Waals surface area contributed by atoms with E-state index in [9.17, 15) is 0 Å². The Bertz CT molecular complexity index is 319. The number of hydrogen-bond donors (Lipinski definition) is 0. The van der Waals surface area contributed by atoms with Crippen molar-refractivity contribution in [3.05, 3.63) is 35.9 Å². The zero-order valence-electron chi connectivity index (χ0n) is 9.46. The molecule has 0 bridgehead atoms.